The van der Waals surface area contributed by atoms with Crippen molar-refractivity contribution in [2.45, 2.75) is 26.2 Å². The molecule has 0 aliphatic carbocycles. The number of Topliss-reactive ketones (excluding diaryl/α,β-unsaturated/α-hetero) is 1. The van der Waals surface area contributed by atoms with Gasteiger partial charge in [-0.1, -0.05) is 18.6 Å². The van der Waals surface area contributed by atoms with Crippen LogP contribution in [0.5, 0.6) is 0 Å². The van der Waals surface area contributed by atoms with Crippen molar-refractivity contribution in [2.24, 2.45) is 0 Å². The molecule has 3 rings (SSSR count). The van der Waals surface area contributed by atoms with E-state index in [-0.39, 0.29) is 6.42 Å². The van der Waals surface area contributed by atoms with Gasteiger partial charge in [0.2, 0.25) is 0 Å². The van der Waals surface area contributed by atoms with Crippen molar-refractivity contribution in [1.82, 2.24) is 9.88 Å². The fourth-order valence-corrected chi connectivity index (χ4v) is 3.25. The zero-order chi connectivity index (χ0) is 19.4. The van der Waals surface area contributed by atoms with Gasteiger partial charge >= 0.3 is 0 Å². The number of nitrogens with zero attached hydrogens (tertiary/aromatic N) is 2. The number of hydrogen-bond donors (Lipinski definition) is 0. The largest absolute Gasteiger partial charge is 0.303 e. The van der Waals surface area contributed by atoms with Crippen molar-refractivity contribution in [3.8, 4) is 0 Å². The number of rotatable bonds is 5. The van der Waals surface area contributed by atoms with Crippen LogP contribution in [0.3, 0.4) is 0 Å². The number of likely N-dealkylation sites (tertiary alicyclic amines) is 1. The highest BCUT2D eigenvalue weighted by Gasteiger charge is 2.20. The molecule has 0 atom stereocenters. The Hall–Kier alpha value is -2.47. The summed E-state index contributed by atoms with van der Waals surface area (Å²) in [6, 6.07) is 6.26. The highest BCUT2D eigenvalue weighted by atomic mass is 19.1. The van der Waals surface area contributed by atoms with Gasteiger partial charge in [0.25, 0.3) is 0 Å². The van der Waals surface area contributed by atoms with E-state index in [1.54, 1.807) is 12.1 Å². The van der Waals surface area contributed by atoms with E-state index in [0.717, 1.165) is 38.2 Å². The lowest BCUT2D eigenvalue weighted by Crippen LogP contribution is -2.30. The third-order valence-corrected chi connectivity index (χ3v) is 4.75. The summed E-state index contributed by atoms with van der Waals surface area (Å²) >= 11 is 0. The van der Waals surface area contributed by atoms with Gasteiger partial charge in [-0.2, -0.15) is 0 Å². The van der Waals surface area contributed by atoms with Gasteiger partial charge in [0.05, 0.1) is 17.7 Å². The Balaban J connectivity index is 1.74. The molecule has 2 aromatic rings. The van der Waals surface area contributed by atoms with Crippen LogP contribution in [-0.4, -0.2) is 35.3 Å². The standard InChI is InChI=1S/C21H21F3N2O/c1-2-26-8-6-14(7-9-26)10-16-4-3-5-17(25-16)13-20(27)21-18(23)11-15(22)12-19(21)24/h3-5,10-12H,2,6-9,13H2,1H3. The third kappa shape index (κ3) is 4.83. The van der Waals surface area contributed by atoms with E-state index >= 15 is 0 Å². The molecule has 142 valence electrons. The van der Waals surface area contributed by atoms with Crippen molar-refractivity contribution < 1.29 is 18.0 Å². The van der Waals surface area contributed by atoms with Crippen LogP contribution >= 0.6 is 0 Å². The van der Waals surface area contributed by atoms with Gasteiger partial charge in [0, 0.05) is 30.9 Å². The maximum absolute atomic E-state index is 13.8. The van der Waals surface area contributed by atoms with E-state index in [0.29, 0.717) is 17.8 Å². The van der Waals surface area contributed by atoms with Gasteiger partial charge in [-0.15, -0.1) is 0 Å². The minimum atomic E-state index is -1.20. The molecular weight excluding hydrogens is 353 g/mol. The molecule has 0 N–H and O–H groups in total. The first-order valence-corrected chi connectivity index (χ1v) is 9.01. The molecule has 3 nitrogen and oxygen atoms in total. The molecule has 27 heavy (non-hydrogen) atoms. The first kappa shape index (κ1) is 19.3. The molecule has 1 aliphatic rings. The number of pyridine rings is 1. The molecular formula is C21H21F3N2O. The molecule has 1 fully saturated rings. The predicted octanol–water partition coefficient (Wildman–Crippen LogP) is 4.42. The van der Waals surface area contributed by atoms with E-state index < -0.39 is 28.8 Å². The molecule has 0 amide bonds. The van der Waals surface area contributed by atoms with Crippen LogP contribution < -0.4 is 0 Å². The first-order valence-electron chi connectivity index (χ1n) is 9.01. The maximum atomic E-state index is 13.8. The summed E-state index contributed by atoms with van der Waals surface area (Å²) in [5.41, 5.74) is 1.71. The molecule has 2 heterocycles. The Morgan fingerprint density at radius 1 is 1.15 bits per heavy atom. The quantitative estimate of drug-likeness (QED) is 0.727. The molecule has 1 aromatic carbocycles. The van der Waals surface area contributed by atoms with Crippen molar-refractivity contribution in [1.29, 1.82) is 0 Å². The van der Waals surface area contributed by atoms with Crippen LogP contribution in [-0.2, 0) is 6.42 Å². The zero-order valence-corrected chi connectivity index (χ0v) is 15.1. The van der Waals surface area contributed by atoms with Crippen LogP contribution in [0.4, 0.5) is 13.2 Å². The molecule has 1 aromatic heterocycles. The lowest BCUT2D eigenvalue weighted by Gasteiger charge is -2.26. The second kappa shape index (κ2) is 8.48. The minimum absolute atomic E-state index is 0.250. The number of piperidine rings is 1. The smallest absolute Gasteiger partial charge is 0.174 e. The summed E-state index contributed by atoms with van der Waals surface area (Å²) in [7, 11) is 0. The fourth-order valence-electron chi connectivity index (χ4n) is 3.25. The van der Waals surface area contributed by atoms with Crippen molar-refractivity contribution in [2.75, 3.05) is 19.6 Å². The van der Waals surface area contributed by atoms with Crippen molar-refractivity contribution in [3.63, 3.8) is 0 Å². The van der Waals surface area contributed by atoms with Crippen molar-refractivity contribution in [3.05, 3.63) is 70.3 Å². The Morgan fingerprint density at radius 2 is 1.81 bits per heavy atom. The topological polar surface area (TPSA) is 33.2 Å². The van der Waals surface area contributed by atoms with Crippen LogP contribution in [0.1, 0.15) is 41.5 Å². The first-order chi connectivity index (χ1) is 13.0. The van der Waals surface area contributed by atoms with E-state index in [2.05, 4.69) is 16.8 Å². The van der Waals surface area contributed by atoms with Crippen LogP contribution in [0.15, 0.2) is 35.9 Å². The average Bonchev–Trinajstić information content (AvgIpc) is 2.62. The monoisotopic (exact) mass is 374 g/mol. The van der Waals surface area contributed by atoms with E-state index in [1.807, 2.05) is 12.1 Å². The van der Waals surface area contributed by atoms with Gasteiger partial charge in [-0.3, -0.25) is 9.78 Å². The third-order valence-electron chi connectivity index (χ3n) is 4.75. The number of benzene rings is 1. The van der Waals surface area contributed by atoms with Crippen LogP contribution in [0, 0.1) is 17.5 Å². The second-order valence-corrected chi connectivity index (χ2v) is 6.64. The number of ketones is 1. The number of carbonyl (C=O) groups is 1. The van der Waals surface area contributed by atoms with Crippen LogP contribution in [0.2, 0.25) is 0 Å². The van der Waals surface area contributed by atoms with Gasteiger partial charge in [0.1, 0.15) is 17.5 Å². The summed E-state index contributed by atoms with van der Waals surface area (Å²) in [5, 5.41) is 0. The van der Waals surface area contributed by atoms with Gasteiger partial charge < -0.3 is 4.90 Å². The Bertz CT molecular complexity index is 846. The number of carbonyl (C=O) groups excluding carboxylic acids is 1. The van der Waals surface area contributed by atoms with Gasteiger partial charge in [0.15, 0.2) is 5.78 Å². The molecule has 0 saturated carbocycles. The number of hydrogen-bond acceptors (Lipinski definition) is 3. The second-order valence-electron chi connectivity index (χ2n) is 6.64. The van der Waals surface area contributed by atoms with Crippen LogP contribution in [0.25, 0.3) is 6.08 Å². The predicted molar refractivity (Wildman–Crippen MR) is 97.9 cm³/mol. The lowest BCUT2D eigenvalue weighted by molar-refractivity contribution is 0.0983. The maximum Gasteiger partial charge on any atom is 0.174 e. The molecule has 0 spiro atoms. The minimum Gasteiger partial charge on any atom is -0.303 e. The number of aromatic nitrogens is 1. The average molecular weight is 374 g/mol. The van der Waals surface area contributed by atoms with E-state index in [4.69, 9.17) is 0 Å². The normalized spacial score (nSPS) is 15.0. The molecule has 0 radical (unpaired) electrons. The molecule has 1 saturated heterocycles. The highest BCUT2D eigenvalue weighted by Crippen LogP contribution is 2.20. The Kier molecular flexibility index (Phi) is 6.06. The highest BCUT2D eigenvalue weighted by molar-refractivity contribution is 5.97. The van der Waals surface area contributed by atoms with E-state index in [9.17, 15) is 18.0 Å². The van der Waals surface area contributed by atoms with Gasteiger partial charge in [-0.25, -0.2) is 13.2 Å². The Morgan fingerprint density at radius 3 is 2.44 bits per heavy atom. The summed E-state index contributed by atoms with van der Waals surface area (Å²) in [4.78, 5) is 19.1. The fraction of sp³-hybridized carbons (Fsp3) is 0.333. The van der Waals surface area contributed by atoms with E-state index in [1.165, 1.54) is 5.57 Å². The summed E-state index contributed by atoms with van der Waals surface area (Å²) in [6.45, 7) is 5.22. The lowest BCUT2D eigenvalue weighted by atomic mass is 10.0. The molecule has 0 bridgehead atoms. The van der Waals surface area contributed by atoms with Crippen molar-refractivity contribution >= 4 is 11.9 Å². The summed E-state index contributed by atoms with van der Waals surface area (Å²) < 4.78 is 40.6. The SMILES string of the molecule is CCN1CCC(=Cc2cccc(CC(=O)c3c(F)cc(F)cc3F)n2)CC1. The molecule has 6 heteroatoms. The zero-order valence-electron chi connectivity index (χ0n) is 15.1. The summed E-state index contributed by atoms with van der Waals surface area (Å²) in [6.07, 6.45) is 3.72. The molecule has 0 unspecified atom stereocenters. The Labute approximate surface area is 156 Å². The summed E-state index contributed by atoms with van der Waals surface area (Å²) in [5.74, 6) is -4.21. The molecule has 1 aliphatic heterocycles. The van der Waals surface area contributed by atoms with Gasteiger partial charge in [-0.05, 0) is 37.6 Å². The number of halogens is 3.